The van der Waals surface area contributed by atoms with Crippen LogP contribution in [0, 0.1) is 17.1 Å². The summed E-state index contributed by atoms with van der Waals surface area (Å²) < 4.78 is 39.3. The highest BCUT2D eigenvalue weighted by Crippen LogP contribution is 2.21. The highest BCUT2D eigenvalue weighted by Gasteiger charge is 2.16. The summed E-state index contributed by atoms with van der Waals surface area (Å²) in [6, 6.07) is 7.69. The van der Waals surface area contributed by atoms with Crippen LogP contribution in [0.4, 0.5) is 10.2 Å². The second-order valence-electron chi connectivity index (χ2n) is 3.73. The van der Waals surface area contributed by atoms with Crippen LogP contribution in [0.3, 0.4) is 0 Å². The molecule has 1 heterocycles. The Bertz CT molecular complexity index is 785. The summed E-state index contributed by atoms with van der Waals surface area (Å²) in [5.74, 6) is -0.661. The van der Waals surface area contributed by atoms with Gasteiger partial charge in [0, 0.05) is 6.20 Å². The Morgan fingerprint density at radius 1 is 1.30 bits per heavy atom. The fourth-order valence-electron chi connectivity index (χ4n) is 1.36. The Hall–Kier alpha value is -2.17. The molecule has 0 bridgehead atoms. The highest BCUT2D eigenvalue weighted by molar-refractivity contribution is 7.92. The van der Waals surface area contributed by atoms with Crippen molar-refractivity contribution in [3.63, 3.8) is 0 Å². The van der Waals surface area contributed by atoms with Gasteiger partial charge in [0.25, 0.3) is 10.0 Å². The van der Waals surface area contributed by atoms with E-state index in [2.05, 4.69) is 9.71 Å². The van der Waals surface area contributed by atoms with Crippen molar-refractivity contribution in [1.82, 2.24) is 4.98 Å². The smallest absolute Gasteiger partial charge is 0.263 e. The predicted octanol–water partition coefficient (Wildman–Crippen LogP) is 2.55. The zero-order chi connectivity index (χ0) is 14.8. The molecule has 0 aliphatic carbocycles. The van der Waals surface area contributed by atoms with Gasteiger partial charge in [-0.05, 0) is 30.3 Å². The zero-order valence-electron chi connectivity index (χ0n) is 9.84. The standard InChI is InChI=1S/C12H7ClFN3O2S/c13-10-5-9(2-3-11(10)14)20(18,19)17-12-4-1-8(6-15)7-16-12/h1-5,7H,(H,16,17). The quantitative estimate of drug-likeness (QED) is 0.944. The minimum atomic E-state index is -3.92. The van der Waals surface area contributed by atoms with Gasteiger partial charge in [0.05, 0.1) is 15.5 Å². The molecule has 8 heteroatoms. The Balaban J connectivity index is 2.30. The molecule has 1 N–H and O–H groups in total. The number of nitriles is 1. The summed E-state index contributed by atoms with van der Waals surface area (Å²) in [7, 11) is -3.92. The molecule has 5 nitrogen and oxygen atoms in total. The lowest BCUT2D eigenvalue weighted by atomic mass is 10.3. The van der Waals surface area contributed by atoms with Gasteiger partial charge >= 0.3 is 0 Å². The molecule has 0 atom stereocenters. The van der Waals surface area contributed by atoms with E-state index >= 15 is 0 Å². The Kier molecular flexibility index (Phi) is 3.88. The normalized spacial score (nSPS) is 10.8. The van der Waals surface area contributed by atoms with Crippen LogP contribution in [0.15, 0.2) is 41.4 Å². The van der Waals surface area contributed by atoms with Crippen molar-refractivity contribution >= 4 is 27.4 Å². The Morgan fingerprint density at radius 3 is 2.60 bits per heavy atom. The first-order valence-corrected chi connectivity index (χ1v) is 7.12. The van der Waals surface area contributed by atoms with Crippen LogP contribution in [0.5, 0.6) is 0 Å². The lowest BCUT2D eigenvalue weighted by molar-refractivity contribution is 0.599. The summed E-state index contributed by atoms with van der Waals surface area (Å²) in [5.41, 5.74) is 0.303. The highest BCUT2D eigenvalue weighted by atomic mass is 35.5. The van der Waals surface area contributed by atoms with E-state index in [0.29, 0.717) is 5.56 Å². The average molecular weight is 312 g/mol. The van der Waals surface area contributed by atoms with Crippen molar-refractivity contribution in [2.24, 2.45) is 0 Å². The second kappa shape index (κ2) is 5.45. The number of rotatable bonds is 3. The van der Waals surface area contributed by atoms with E-state index in [1.165, 1.54) is 18.3 Å². The molecule has 1 aromatic carbocycles. The van der Waals surface area contributed by atoms with Crippen LogP contribution >= 0.6 is 11.6 Å². The van der Waals surface area contributed by atoms with Crippen molar-refractivity contribution in [2.75, 3.05) is 4.72 Å². The largest absolute Gasteiger partial charge is 0.263 e. The summed E-state index contributed by atoms with van der Waals surface area (Å²) in [6.07, 6.45) is 1.23. The summed E-state index contributed by atoms with van der Waals surface area (Å²) >= 11 is 5.54. The van der Waals surface area contributed by atoms with Gasteiger partial charge < -0.3 is 0 Å². The Morgan fingerprint density at radius 2 is 2.05 bits per heavy atom. The monoisotopic (exact) mass is 311 g/mol. The van der Waals surface area contributed by atoms with Gasteiger partial charge in [0.2, 0.25) is 0 Å². The van der Waals surface area contributed by atoms with Gasteiger partial charge in [-0.2, -0.15) is 5.26 Å². The van der Waals surface area contributed by atoms with E-state index in [9.17, 15) is 12.8 Å². The molecule has 20 heavy (non-hydrogen) atoms. The molecular formula is C12H7ClFN3O2S. The number of hydrogen-bond acceptors (Lipinski definition) is 4. The summed E-state index contributed by atoms with van der Waals surface area (Å²) in [6.45, 7) is 0. The van der Waals surface area contributed by atoms with Gasteiger partial charge in [-0.25, -0.2) is 17.8 Å². The predicted molar refractivity (Wildman–Crippen MR) is 71.2 cm³/mol. The summed E-state index contributed by atoms with van der Waals surface area (Å²) in [4.78, 5) is 3.60. The molecule has 0 radical (unpaired) electrons. The first-order chi connectivity index (χ1) is 9.42. The number of anilines is 1. The molecule has 0 aliphatic rings. The van der Waals surface area contributed by atoms with Crippen molar-refractivity contribution in [3.8, 4) is 6.07 Å². The number of aromatic nitrogens is 1. The van der Waals surface area contributed by atoms with Gasteiger partial charge in [-0.1, -0.05) is 11.6 Å². The van der Waals surface area contributed by atoms with Crippen LogP contribution in [-0.4, -0.2) is 13.4 Å². The van der Waals surface area contributed by atoms with E-state index < -0.39 is 15.8 Å². The number of halogens is 2. The molecule has 0 aliphatic heterocycles. The van der Waals surface area contributed by atoms with Crippen molar-refractivity contribution in [3.05, 3.63) is 52.9 Å². The number of sulfonamides is 1. The van der Waals surface area contributed by atoms with Crippen molar-refractivity contribution < 1.29 is 12.8 Å². The lowest BCUT2D eigenvalue weighted by Gasteiger charge is -2.07. The van der Waals surface area contributed by atoms with Gasteiger partial charge in [-0.15, -0.1) is 0 Å². The van der Waals surface area contributed by atoms with E-state index in [1.54, 1.807) is 0 Å². The number of nitrogens with one attached hydrogen (secondary N) is 1. The number of nitrogens with zero attached hydrogens (tertiary/aromatic N) is 2. The topological polar surface area (TPSA) is 82.9 Å². The average Bonchev–Trinajstić information content (AvgIpc) is 2.42. The Labute approximate surface area is 119 Å². The fraction of sp³-hybridized carbons (Fsp3) is 0. The lowest BCUT2D eigenvalue weighted by Crippen LogP contribution is -2.14. The maximum absolute atomic E-state index is 13.0. The van der Waals surface area contributed by atoms with E-state index in [-0.39, 0.29) is 15.7 Å². The number of hydrogen-bond donors (Lipinski definition) is 1. The molecule has 0 amide bonds. The third kappa shape index (κ3) is 3.04. The minimum Gasteiger partial charge on any atom is -0.263 e. The first-order valence-electron chi connectivity index (χ1n) is 5.26. The van der Waals surface area contributed by atoms with E-state index in [1.807, 2.05) is 6.07 Å². The number of benzene rings is 1. The maximum Gasteiger partial charge on any atom is 0.263 e. The molecule has 0 unspecified atom stereocenters. The van der Waals surface area contributed by atoms with Crippen LogP contribution in [0.2, 0.25) is 5.02 Å². The van der Waals surface area contributed by atoms with Crippen LogP contribution in [0.1, 0.15) is 5.56 Å². The molecule has 102 valence electrons. The molecule has 1 aromatic heterocycles. The fourth-order valence-corrected chi connectivity index (χ4v) is 2.64. The number of pyridine rings is 1. The molecule has 2 aromatic rings. The molecule has 0 spiro atoms. The van der Waals surface area contributed by atoms with E-state index in [0.717, 1.165) is 18.2 Å². The second-order valence-corrected chi connectivity index (χ2v) is 5.81. The zero-order valence-corrected chi connectivity index (χ0v) is 11.4. The van der Waals surface area contributed by atoms with Gasteiger partial charge in [-0.3, -0.25) is 4.72 Å². The first kappa shape index (κ1) is 14.2. The van der Waals surface area contributed by atoms with Gasteiger partial charge in [0.1, 0.15) is 17.7 Å². The molecule has 0 saturated carbocycles. The van der Waals surface area contributed by atoms with Crippen molar-refractivity contribution in [1.29, 1.82) is 5.26 Å². The third-order valence-corrected chi connectivity index (χ3v) is 3.97. The van der Waals surface area contributed by atoms with Crippen LogP contribution in [0.25, 0.3) is 0 Å². The molecule has 0 saturated heterocycles. The van der Waals surface area contributed by atoms with E-state index in [4.69, 9.17) is 16.9 Å². The van der Waals surface area contributed by atoms with Gasteiger partial charge in [0.15, 0.2) is 0 Å². The van der Waals surface area contributed by atoms with Crippen LogP contribution < -0.4 is 4.72 Å². The SMILES string of the molecule is N#Cc1ccc(NS(=O)(=O)c2ccc(F)c(Cl)c2)nc1. The summed E-state index contributed by atoms with van der Waals surface area (Å²) in [5, 5.41) is 8.33. The third-order valence-electron chi connectivity index (χ3n) is 2.33. The van der Waals surface area contributed by atoms with Crippen molar-refractivity contribution in [2.45, 2.75) is 4.90 Å². The molecule has 0 fully saturated rings. The minimum absolute atomic E-state index is 0.0458. The molecular weight excluding hydrogens is 305 g/mol. The maximum atomic E-state index is 13.0. The van der Waals surface area contributed by atoms with Crippen LogP contribution in [-0.2, 0) is 10.0 Å². The molecule has 2 rings (SSSR count).